The fraction of sp³-hybridized carbons (Fsp3) is 0.429. The van der Waals surface area contributed by atoms with Crippen molar-refractivity contribution in [1.29, 1.82) is 0 Å². The standard InChI is InChI=1S/C7H10O4/c1-4(8)6(5(2)9)3-7(10)11/h8H,3H2,1-2H3,(H,10,11)/b6-4-. The minimum absolute atomic E-state index is 0.0440. The molecule has 0 aromatic heterocycles. The van der Waals surface area contributed by atoms with Gasteiger partial charge in [0, 0.05) is 5.57 Å². The van der Waals surface area contributed by atoms with E-state index >= 15 is 0 Å². The molecule has 4 nitrogen and oxygen atoms in total. The lowest BCUT2D eigenvalue weighted by Crippen LogP contribution is -2.06. The molecule has 0 heterocycles. The van der Waals surface area contributed by atoms with Crippen molar-refractivity contribution in [3.63, 3.8) is 0 Å². The van der Waals surface area contributed by atoms with Crippen LogP contribution in [0.2, 0.25) is 0 Å². The number of carboxylic acids is 1. The monoisotopic (exact) mass is 158 g/mol. The van der Waals surface area contributed by atoms with Crippen LogP contribution in [0, 0.1) is 0 Å². The van der Waals surface area contributed by atoms with Crippen LogP contribution in [0.4, 0.5) is 0 Å². The molecule has 0 radical (unpaired) electrons. The second-order valence-electron chi connectivity index (χ2n) is 2.19. The van der Waals surface area contributed by atoms with Crippen molar-refractivity contribution in [1.82, 2.24) is 0 Å². The molecule has 4 heteroatoms. The van der Waals surface area contributed by atoms with Crippen LogP contribution in [-0.4, -0.2) is 22.0 Å². The molecule has 0 fully saturated rings. The van der Waals surface area contributed by atoms with Crippen LogP contribution in [0.25, 0.3) is 0 Å². The molecule has 0 aliphatic rings. The summed E-state index contributed by atoms with van der Waals surface area (Å²) in [5.41, 5.74) is -0.0440. The third kappa shape index (κ3) is 3.40. The Labute approximate surface area is 64.2 Å². The van der Waals surface area contributed by atoms with Crippen molar-refractivity contribution >= 4 is 11.8 Å². The van der Waals surface area contributed by atoms with Crippen LogP contribution in [0.3, 0.4) is 0 Å². The van der Waals surface area contributed by atoms with Crippen LogP contribution in [-0.2, 0) is 9.59 Å². The first-order chi connectivity index (χ1) is 4.95. The fourth-order valence-corrected chi connectivity index (χ4v) is 0.658. The van der Waals surface area contributed by atoms with Crippen LogP contribution in [0.1, 0.15) is 20.3 Å². The number of aliphatic carboxylic acids is 1. The number of ketones is 1. The van der Waals surface area contributed by atoms with Gasteiger partial charge >= 0.3 is 5.97 Å². The maximum absolute atomic E-state index is 10.6. The molecular weight excluding hydrogens is 148 g/mol. The van der Waals surface area contributed by atoms with Gasteiger partial charge in [0.1, 0.15) is 0 Å². The van der Waals surface area contributed by atoms with Gasteiger partial charge in [-0.15, -0.1) is 0 Å². The molecule has 11 heavy (non-hydrogen) atoms. The van der Waals surface area contributed by atoms with Gasteiger partial charge in [0.15, 0.2) is 5.78 Å². The number of carboxylic acid groups (broad SMARTS) is 1. The van der Waals surface area contributed by atoms with Gasteiger partial charge in [-0.1, -0.05) is 0 Å². The lowest BCUT2D eigenvalue weighted by atomic mass is 10.1. The largest absolute Gasteiger partial charge is 0.512 e. The molecule has 0 aromatic rings. The van der Waals surface area contributed by atoms with E-state index in [4.69, 9.17) is 10.2 Å². The normalized spacial score (nSPS) is 12.2. The van der Waals surface area contributed by atoms with Crippen molar-refractivity contribution in [3.8, 4) is 0 Å². The predicted molar refractivity (Wildman–Crippen MR) is 38.3 cm³/mol. The fourth-order valence-electron chi connectivity index (χ4n) is 0.658. The Morgan fingerprint density at radius 1 is 1.18 bits per heavy atom. The van der Waals surface area contributed by atoms with E-state index in [9.17, 15) is 9.59 Å². The molecular formula is C7H10O4. The number of rotatable bonds is 3. The quantitative estimate of drug-likeness (QED) is 0.472. The molecule has 0 amide bonds. The molecule has 62 valence electrons. The maximum Gasteiger partial charge on any atom is 0.308 e. The van der Waals surface area contributed by atoms with E-state index in [-0.39, 0.29) is 11.3 Å². The van der Waals surface area contributed by atoms with E-state index in [0.717, 1.165) is 0 Å². The molecule has 0 unspecified atom stereocenters. The average Bonchev–Trinajstić information content (AvgIpc) is 1.81. The minimum Gasteiger partial charge on any atom is -0.512 e. The van der Waals surface area contributed by atoms with Crippen molar-refractivity contribution in [3.05, 3.63) is 11.3 Å². The molecule has 0 spiro atoms. The Balaban J connectivity index is 4.52. The summed E-state index contributed by atoms with van der Waals surface area (Å²) in [6, 6.07) is 0. The lowest BCUT2D eigenvalue weighted by molar-refractivity contribution is -0.137. The van der Waals surface area contributed by atoms with Gasteiger partial charge < -0.3 is 10.2 Å². The van der Waals surface area contributed by atoms with Crippen LogP contribution in [0.5, 0.6) is 0 Å². The highest BCUT2D eigenvalue weighted by Crippen LogP contribution is 2.07. The molecule has 0 saturated heterocycles. The van der Waals surface area contributed by atoms with Crippen molar-refractivity contribution in [2.24, 2.45) is 0 Å². The van der Waals surface area contributed by atoms with E-state index in [1.807, 2.05) is 0 Å². The van der Waals surface area contributed by atoms with E-state index in [0.29, 0.717) is 0 Å². The van der Waals surface area contributed by atoms with Gasteiger partial charge in [-0.3, -0.25) is 9.59 Å². The smallest absolute Gasteiger partial charge is 0.308 e. The van der Waals surface area contributed by atoms with Gasteiger partial charge in [0.2, 0.25) is 0 Å². The molecule has 0 atom stereocenters. The summed E-state index contributed by atoms with van der Waals surface area (Å²) in [6.45, 7) is 2.51. The molecule has 0 rings (SSSR count). The van der Waals surface area contributed by atoms with Gasteiger partial charge in [-0.05, 0) is 13.8 Å². The van der Waals surface area contributed by atoms with Gasteiger partial charge in [0.25, 0.3) is 0 Å². The molecule has 0 saturated carbocycles. The lowest BCUT2D eigenvalue weighted by Gasteiger charge is -1.99. The van der Waals surface area contributed by atoms with Crippen LogP contribution >= 0.6 is 0 Å². The number of hydrogen-bond acceptors (Lipinski definition) is 3. The third-order valence-electron chi connectivity index (χ3n) is 1.19. The molecule has 0 bridgehead atoms. The average molecular weight is 158 g/mol. The minimum atomic E-state index is -1.12. The Bertz CT molecular complexity index is 210. The van der Waals surface area contributed by atoms with Gasteiger partial charge in [0.05, 0.1) is 12.2 Å². The summed E-state index contributed by atoms with van der Waals surface area (Å²) in [5.74, 6) is -1.75. The first-order valence-electron chi connectivity index (χ1n) is 3.06. The number of hydrogen-bond donors (Lipinski definition) is 2. The zero-order valence-electron chi connectivity index (χ0n) is 6.42. The van der Waals surface area contributed by atoms with Gasteiger partial charge in [-0.25, -0.2) is 0 Å². The zero-order valence-corrected chi connectivity index (χ0v) is 6.42. The topological polar surface area (TPSA) is 74.6 Å². The van der Waals surface area contributed by atoms with Crippen LogP contribution in [0.15, 0.2) is 11.3 Å². The Hall–Kier alpha value is -1.32. The SMILES string of the molecule is CC(=O)/C(CC(=O)O)=C(/C)O. The van der Waals surface area contributed by atoms with E-state index in [2.05, 4.69) is 0 Å². The molecule has 0 aliphatic carbocycles. The van der Waals surface area contributed by atoms with Crippen molar-refractivity contribution in [2.45, 2.75) is 20.3 Å². The summed E-state index contributed by atoms with van der Waals surface area (Å²) in [5, 5.41) is 17.1. The summed E-state index contributed by atoms with van der Waals surface area (Å²) in [6.07, 6.45) is -0.419. The van der Waals surface area contributed by atoms with Gasteiger partial charge in [-0.2, -0.15) is 0 Å². The second kappa shape index (κ2) is 3.75. The van der Waals surface area contributed by atoms with E-state index in [1.54, 1.807) is 0 Å². The van der Waals surface area contributed by atoms with E-state index in [1.165, 1.54) is 13.8 Å². The highest BCUT2D eigenvalue weighted by Gasteiger charge is 2.11. The number of carbonyl (C=O) groups excluding carboxylic acids is 1. The predicted octanol–water partition coefficient (Wildman–Crippen LogP) is 0.882. The summed E-state index contributed by atoms with van der Waals surface area (Å²) >= 11 is 0. The Kier molecular flexibility index (Phi) is 3.30. The number of aliphatic hydroxyl groups is 1. The first kappa shape index (κ1) is 9.68. The van der Waals surface area contributed by atoms with Crippen LogP contribution < -0.4 is 0 Å². The van der Waals surface area contributed by atoms with Crippen molar-refractivity contribution < 1.29 is 19.8 Å². The number of carbonyl (C=O) groups is 2. The Morgan fingerprint density at radius 3 is 1.73 bits per heavy atom. The molecule has 0 aliphatic heterocycles. The number of Topliss-reactive ketones (excluding diaryl/α,β-unsaturated/α-hetero) is 1. The summed E-state index contributed by atoms with van der Waals surface area (Å²) in [4.78, 5) is 20.8. The second-order valence-corrected chi connectivity index (χ2v) is 2.19. The molecule has 2 N–H and O–H groups in total. The number of aliphatic hydroxyl groups excluding tert-OH is 1. The Morgan fingerprint density at radius 2 is 1.64 bits per heavy atom. The highest BCUT2D eigenvalue weighted by atomic mass is 16.4. The summed E-state index contributed by atoms with van der Waals surface area (Å²) < 4.78 is 0. The maximum atomic E-state index is 10.6. The van der Waals surface area contributed by atoms with E-state index < -0.39 is 18.2 Å². The highest BCUT2D eigenvalue weighted by molar-refractivity contribution is 5.97. The first-order valence-corrected chi connectivity index (χ1v) is 3.06. The van der Waals surface area contributed by atoms with Crippen molar-refractivity contribution in [2.75, 3.05) is 0 Å². The third-order valence-corrected chi connectivity index (χ3v) is 1.19. The number of allylic oxidation sites excluding steroid dienone is 1. The zero-order chi connectivity index (χ0) is 9.02. The summed E-state index contributed by atoms with van der Waals surface area (Å²) in [7, 11) is 0. The molecule has 0 aromatic carbocycles.